The predicted octanol–water partition coefficient (Wildman–Crippen LogP) is 4.15. The minimum Gasteiger partial charge on any atom is -0.456 e. The van der Waals surface area contributed by atoms with E-state index in [-0.39, 0.29) is 0 Å². The van der Waals surface area contributed by atoms with Crippen LogP contribution in [0.5, 0.6) is 0 Å². The summed E-state index contributed by atoms with van der Waals surface area (Å²) in [6, 6.07) is 11.7. The third kappa shape index (κ3) is 1.57. The number of nitrogens with zero attached hydrogens (tertiary/aromatic N) is 1. The lowest BCUT2D eigenvalue weighted by Crippen LogP contribution is -1.76. The molecular formula is C13H8ClNO. The second-order valence-electron chi connectivity index (χ2n) is 3.54. The molecule has 0 aliphatic heterocycles. The van der Waals surface area contributed by atoms with Gasteiger partial charge in [0.25, 0.3) is 0 Å². The van der Waals surface area contributed by atoms with Gasteiger partial charge in [-0.3, -0.25) is 4.98 Å². The van der Waals surface area contributed by atoms with Crippen LogP contribution in [-0.2, 0) is 0 Å². The molecule has 78 valence electrons. The average Bonchev–Trinajstić information content (AvgIpc) is 2.72. The molecule has 0 spiro atoms. The van der Waals surface area contributed by atoms with Crippen LogP contribution in [0.15, 0.2) is 53.2 Å². The first-order chi connectivity index (χ1) is 7.83. The van der Waals surface area contributed by atoms with E-state index < -0.39 is 0 Å². The third-order valence-corrected chi connectivity index (χ3v) is 2.62. The molecule has 3 heteroatoms. The molecule has 0 unspecified atom stereocenters. The first-order valence-corrected chi connectivity index (χ1v) is 5.30. The highest BCUT2D eigenvalue weighted by Gasteiger charge is 2.06. The number of halogens is 1. The van der Waals surface area contributed by atoms with E-state index in [2.05, 4.69) is 4.98 Å². The molecule has 2 aromatic heterocycles. The number of pyridine rings is 1. The van der Waals surface area contributed by atoms with Crippen molar-refractivity contribution in [3.63, 3.8) is 0 Å². The number of benzene rings is 1. The molecule has 3 rings (SSSR count). The Kier molecular flexibility index (Phi) is 2.15. The molecule has 3 aromatic rings. The second kappa shape index (κ2) is 3.65. The van der Waals surface area contributed by atoms with Crippen LogP contribution in [0.4, 0.5) is 0 Å². The van der Waals surface area contributed by atoms with Crippen LogP contribution in [-0.4, -0.2) is 4.98 Å². The fraction of sp³-hybridized carbons (Fsp3) is 0. The summed E-state index contributed by atoms with van der Waals surface area (Å²) in [6.07, 6.45) is 3.34. The van der Waals surface area contributed by atoms with E-state index in [4.69, 9.17) is 16.0 Å². The van der Waals surface area contributed by atoms with E-state index >= 15 is 0 Å². The molecule has 0 saturated carbocycles. The smallest absolute Gasteiger partial charge is 0.137 e. The van der Waals surface area contributed by atoms with Crippen LogP contribution in [0.3, 0.4) is 0 Å². The Bertz CT molecular complexity index is 612. The maximum absolute atomic E-state index is 5.89. The molecule has 0 N–H and O–H groups in total. The van der Waals surface area contributed by atoms with Crippen molar-refractivity contribution in [2.45, 2.75) is 0 Å². The zero-order chi connectivity index (χ0) is 11.0. The van der Waals surface area contributed by atoms with Gasteiger partial charge in [-0.25, -0.2) is 0 Å². The molecule has 1 aromatic carbocycles. The number of aromatic nitrogens is 1. The zero-order valence-corrected chi connectivity index (χ0v) is 9.11. The van der Waals surface area contributed by atoms with Crippen LogP contribution in [0.1, 0.15) is 0 Å². The Morgan fingerprint density at radius 3 is 2.75 bits per heavy atom. The van der Waals surface area contributed by atoms with Gasteiger partial charge in [-0.2, -0.15) is 0 Å². The summed E-state index contributed by atoms with van der Waals surface area (Å²) in [6.45, 7) is 0. The van der Waals surface area contributed by atoms with Crippen LogP contribution in [0.2, 0.25) is 5.02 Å². The molecule has 0 aliphatic carbocycles. The Hall–Kier alpha value is -1.80. The monoisotopic (exact) mass is 229 g/mol. The first kappa shape index (κ1) is 9.43. The van der Waals surface area contributed by atoms with Gasteiger partial charge in [0.1, 0.15) is 11.3 Å². The van der Waals surface area contributed by atoms with Gasteiger partial charge < -0.3 is 4.42 Å². The fourth-order valence-electron chi connectivity index (χ4n) is 1.67. The van der Waals surface area contributed by atoms with Crippen molar-refractivity contribution in [3.8, 4) is 11.3 Å². The zero-order valence-electron chi connectivity index (χ0n) is 8.35. The number of hydrogen-bond acceptors (Lipinski definition) is 2. The number of furan rings is 1. The van der Waals surface area contributed by atoms with E-state index in [1.807, 2.05) is 36.4 Å². The third-order valence-electron chi connectivity index (χ3n) is 2.41. The van der Waals surface area contributed by atoms with Gasteiger partial charge in [0.05, 0.1) is 5.02 Å². The topological polar surface area (TPSA) is 26.0 Å². The molecule has 2 heterocycles. The van der Waals surface area contributed by atoms with Gasteiger partial charge >= 0.3 is 0 Å². The van der Waals surface area contributed by atoms with Crippen LogP contribution >= 0.6 is 11.6 Å². The fourth-order valence-corrected chi connectivity index (χ4v) is 1.84. The minimum atomic E-state index is 0.609. The van der Waals surface area contributed by atoms with Gasteiger partial charge in [0, 0.05) is 23.3 Å². The van der Waals surface area contributed by atoms with Crippen molar-refractivity contribution >= 4 is 22.6 Å². The molecule has 0 aliphatic rings. The maximum Gasteiger partial charge on any atom is 0.137 e. The highest BCUT2D eigenvalue weighted by atomic mass is 35.5. The van der Waals surface area contributed by atoms with Crippen molar-refractivity contribution in [1.29, 1.82) is 0 Å². The SMILES string of the molecule is Clc1cncc(-c2cc3ccccc3o2)c1. The summed E-state index contributed by atoms with van der Waals surface area (Å²) in [4.78, 5) is 4.04. The lowest BCUT2D eigenvalue weighted by molar-refractivity contribution is 0.631. The lowest BCUT2D eigenvalue weighted by Gasteiger charge is -1.95. The molecule has 0 radical (unpaired) electrons. The van der Waals surface area contributed by atoms with Gasteiger partial charge in [-0.05, 0) is 18.2 Å². The molecule has 0 amide bonds. The summed E-state index contributed by atoms with van der Waals surface area (Å²) in [5.41, 5.74) is 1.76. The molecule has 0 saturated heterocycles. The van der Waals surface area contributed by atoms with Crippen LogP contribution < -0.4 is 0 Å². The number of rotatable bonds is 1. The van der Waals surface area contributed by atoms with E-state index in [1.165, 1.54) is 0 Å². The van der Waals surface area contributed by atoms with Crippen LogP contribution in [0.25, 0.3) is 22.3 Å². The van der Waals surface area contributed by atoms with E-state index in [1.54, 1.807) is 12.4 Å². The van der Waals surface area contributed by atoms with Crippen molar-refractivity contribution in [2.24, 2.45) is 0 Å². The van der Waals surface area contributed by atoms with Gasteiger partial charge in [0.15, 0.2) is 0 Å². The molecule has 0 atom stereocenters. The van der Waals surface area contributed by atoms with Crippen molar-refractivity contribution in [1.82, 2.24) is 4.98 Å². The Morgan fingerprint density at radius 1 is 1.06 bits per heavy atom. The van der Waals surface area contributed by atoms with E-state index in [0.717, 1.165) is 22.3 Å². The quantitative estimate of drug-likeness (QED) is 0.627. The normalized spacial score (nSPS) is 10.8. The lowest BCUT2D eigenvalue weighted by atomic mass is 10.2. The van der Waals surface area contributed by atoms with Crippen molar-refractivity contribution in [3.05, 3.63) is 53.8 Å². The number of hydrogen-bond donors (Lipinski definition) is 0. The van der Waals surface area contributed by atoms with E-state index in [9.17, 15) is 0 Å². The van der Waals surface area contributed by atoms with Gasteiger partial charge in [-0.1, -0.05) is 29.8 Å². The van der Waals surface area contributed by atoms with Gasteiger partial charge in [-0.15, -0.1) is 0 Å². The number of fused-ring (bicyclic) bond motifs is 1. The summed E-state index contributed by atoms with van der Waals surface area (Å²) in [5, 5.41) is 1.69. The van der Waals surface area contributed by atoms with E-state index in [0.29, 0.717) is 5.02 Å². The predicted molar refractivity (Wildman–Crippen MR) is 64.5 cm³/mol. The van der Waals surface area contributed by atoms with Crippen molar-refractivity contribution in [2.75, 3.05) is 0 Å². The number of para-hydroxylation sites is 1. The average molecular weight is 230 g/mol. The highest BCUT2D eigenvalue weighted by Crippen LogP contribution is 2.28. The molecular weight excluding hydrogens is 222 g/mol. The molecule has 2 nitrogen and oxygen atoms in total. The minimum absolute atomic E-state index is 0.609. The Labute approximate surface area is 97.5 Å². The Morgan fingerprint density at radius 2 is 1.94 bits per heavy atom. The first-order valence-electron chi connectivity index (χ1n) is 4.92. The summed E-state index contributed by atoms with van der Waals surface area (Å²) in [5.74, 6) is 0.788. The standard InChI is InChI=1S/C13H8ClNO/c14-11-5-10(7-15-8-11)13-6-9-3-1-2-4-12(9)16-13/h1-8H. The molecule has 16 heavy (non-hydrogen) atoms. The second-order valence-corrected chi connectivity index (χ2v) is 3.98. The molecule has 0 bridgehead atoms. The summed E-state index contributed by atoms with van der Waals surface area (Å²) < 4.78 is 5.71. The highest BCUT2D eigenvalue weighted by molar-refractivity contribution is 6.30. The van der Waals surface area contributed by atoms with Crippen molar-refractivity contribution < 1.29 is 4.42 Å². The van der Waals surface area contributed by atoms with Gasteiger partial charge in [0.2, 0.25) is 0 Å². The largest absolute Gasteiger partial charge is 0.456 e. The summed E-state index contributed by atoms with van der Waals surface area (Å²) >= 11 is 5.89. The Balaban J connectivity index is 2.19. The summed E-state index contributed by atoms with van der Waals surface area (Å²) in [7, 11) is 0. The maximum atomic E-state index is 5.89. The molecule has 0 fully saturated rings. The van der Waals surface area contributed by atoms with Crippen LogP contribution in [0, 0.1) is 0 Å².